The van der Waals surface area contributed by atoms with Gasteiger partial charge in [-0.2, -0.15) is 13.2 Å². The summed E-state index contributed by atoms with van der Waals surface area (Å²) in [5.41, 5.74) is -1.02. The van der Waals surface area contributed by atoms with Gasteiger partial charge in [0.05, 0.1) is 17.1 Å². The molecule has 0 heterocycles. The van der Waals surface area contributed by atoms with Crippen LogP contribution in [-0.4, -0.2) is 30.3 Å². The van der Waals surface area contributed by atoms with E-state index in [1.807, 2.05) is 0 Å². The van der Waals surface area contributed by atoms with Crippen molar-refractivity contribution in [3.05, 3.63) is 28.8 Å². The van der Waals surface area contributed by atoms with E-state index in [2.05, 4.69) is 5.32 Å². The van der Waals surface area contributed by atoms with E-state index in [9.17, 15) is 22.8 Å². The minimum Gasteiger partial charge on any atom is -0.336 e. The van der Waals surface area contributed by atoms with Crippen LogP contribution >= 0.6 is 11.6 Å². The van der Waals surface area contributed by atoms with Crippen LogP contribution in [0.25, 0.3) is 0 Å². The second-order valence-electron chi connectivity index (χ2n) is 7.22. The molecule has 0 saturated heterocycles. The molecule has 4 nitrogen and oxygen atoms in total. The molecule has 0 aliphatic heterocycles. The number of amides is 2. The normalized spacial score (nSPS) is 24.6. The summed E-state index contributed by atoms with van der Waals surface area (Å²) in [6.07, 6.45) is -0.405. The molecule has 2 fully saturated rings. The summed E-state index contributed by atoms with van der Waals surface area (Å²) in [5.74, 6) is 0.396. The molecule has 26 heavy (non-hydrogen) atoms. The number of rotatable bonds is 4. The minimum atomic E-state index is -4.60. The van der Waals surface area contributed by atoms with E-state index in [0.29, 0.717) is 11.8 Å². The van der Waals surface area contributed by atoms with Crippen molar-refractivity contribution >= 4 is 29.1 Å². The van der Waals surface area contributed by atoms with Crippen molar-refractivity contribution in [1.29, 1.82) is 0 Å². The quantitative estimate of drug-likeness (QED) is 0.840. The fraction of sp³-hybridized carbons (Fsp3) is 0.556. The molecule has 3 atom stereocenters. The lowest BCUT2D eigenvalue weighted by Crippen LogP contribution is -2.40. The van der Waals surface area contributed by atoms with Gasteiger partial charge >= 0.3 is 6.18 Å². The Morgan fingerprint density at radius 2 is 2.00 bits per heavy atom. The van der Waals surface area contributed by atoms with E-state index in [0.717, 1.165) is 31.4 Å². The molecule has 3 unspecified atom stereocenters. The van der Waals surface area contributed by atoms with Gasteiger partial charge in [0.15, 0.2) is 0 Å². The number of benzene rings is 1. The van der Waals surface area contributed by atoms with Crippen molar-refractivity contribution in [2.24, 2.45) is 17.8 Å². The van der Waals surface area contributed by atoms with Gasteiger partial charge in [-0.3, -0.25) is 9.59 Å². The summed E-state index contributed by atoms with van der Waals surface area (Å²) in [6.45, 7) is -0.198. The van der Waals surface area contributed by atoms with Gasteiger partial charge in [0.2, 0.25) is 11.8 Å². The second kappa shape index (κ2) is 7.10. The molecule has 142 valence electrons. The first-order chi connectivity index (χ1) is 12.1. The second-order valence-corrected chi connectivity index (χ2v) is 7.62. The summed E-state index contributed by atoms with van der Waals surface area (Å²) < 4.78 is 38.6. The summed E-state index contributed by atoms with van der Waals surface area (Å²) in [6, 6.07) is 3.18. The van der Waals surface area contributed by atoms with Gasteiger partial charge < -0.3 is 10.2 Å². The Kier molecular flexibility index (Phi) is 5.19. The van der Waals surface area contributed by atoms with Crippen LogP contribution in [0.4, 0.5) is 18.9 Å². The van der Waals surface area contributed by atoms with E-state index in [1.165, 1.54) is 17.4 Å². The fourth-order valence-corrected chi connectivity index (χ4v) is 4.37. The summed E-state index contributed by atoms with van der Waals surface area (Å²) in [5, 5.41) is 1.97. The Bertz CT molecular complexity index is 723. The molecule has 8 heteroatoms. The Balaban J connectivity index is 1.59. The van der Waals surface area contributed by atoms with Crippen molar-refractivity contribution in [1.82, 2.24) is 4.90 Å². The lowest BCUT2D eigenvalue weighted by Gasteiger charge is -2.26. The molecule has 2 amide bonds. The predicted octanol–water partition coefficient (Wildman–Crippen LogP) is 4.19. The van der Waals surface area contributed by atoms with Crippen LogP contribution in [0.3, 0.4) is 0 Å². The predicted molar refractivity (Wildman–Crippen MR) is 91.7 cm³/mol. The highest BCUT2D eigenvalue weighted by atomic mass is 35.5. The highest BCUT2D eigenvalue weighted by Gasteiger charge is 2.44. The molecule has 0 spiro atoms. The number of hydrogen-bond acceptors (Lipinski definition) is 2. The lowest BCUT2D eigenvalue weighted by molar-refractivity contribution is -0.138. The van der Waals surface area contributed by atoms with Gasteiger partial charge in [-0.05, 0) is 49.3 Å². The van der Waals surface area contributed by atoms with Gasteiger partial charge in [-0.15, -0.1) is 0 Å². The maximum Gasteiger partial charge on any atom is 0.417 e. The van der Waals surface area contributed by atoms with E-state index in [4.69, 9.17) is 11.6 Å². The highest BCUT2D eigenvalue weighted by molar-refractivity contribution is 6.31. The van der Waals surface area contributed by atoms with Crippen LogP contribution in [0.2, 0.25) is 5.02 Å². The summed E-state index contributed by atoms with van der Waals surface area (Å²) in [4.78, 5) is 26.0. The van der Waals surface area contributed by atoms with Crippen LogP contribution in [-0.2, 0) is 15.8 Å². The molecular formula is C18H20ClF3N2O2. The van der Waals surface area contributed by atoms with Crippen LogP contribution in [0.5, 0.6) is 0 Å². The van der Waals surface area contributed by atoms with E-state index >= 15 is 0 Å². The van der Waals surface area contributed by atoms with Crippen LogP contribution < -0.4 is 5.32 Å². The number of hydrogen-bond donors (Lipinski definition) is 1. The van der Waals surface area contributed by atoms with Crippen molar-refractivity contribution in [3.63, 3.8) is 0 Å². The molecule has 1 aromatic carbocycles. The number of likely N-dealkylation sites (N-methyl/N-ethyl adjacent to an activating group) is 1. The maximum atomic E-state index is 12.9. The number of alkyl halides is 3. The molecule has 1 aromatic rings. The molecule has 0 aromatic heterocycles. The zero-order valence-electron chi connectivity index (χ0n) is 14.3. The van der Waals surface area contributed by atoms with Crippen molar-refractivity contribution in [2.45, 2.75) is 31.9 Å². The molecule has 2 aliphatic carbocycles. The highest BCUT2D eigenvalue weighted by Crippen LogP contribution is 2.48. The monoisotopic (exact) mass is 388 g/mol. The average molecular weight is 389 g/mol. The maximum absolute atomic E-state index is 12.9. The molecule has 2 aliphatic rings. The Morgan fingerprint density at radius 1 is 1.27 bits per heavy atom. The van der Waals surface area contributed by atoms with Gasteiger partial charge in [-0.1, -0.05) is 18.0 Å². The molecule has 2 bridgehead atoms. The van der Waals surface area contributed by atoms with Crippen molar-refractivity contribution in [2.75, 3.05) is 18.9 Å². The molecule has 0 radical (unpaired) electrons. The number of anilines is 1. The Hall–Kier alpha value is -1.76. The molecule has 1 N–H and O–H groups in total. The van der Waals surface area contributed by atoms with Crippen molar-refractivity contribution < 1.29 is 22.8 Å². The third kappa shape index (κ3) is 3.98. The third-order valence-corrected chi connectivity index (χ3v) is 5.70. The Morgan fingerprint density at radius 3 is 2.58 bits per heavy atom. The number of carbonyl (C=O) groups is 2. The number of halogens is 4. The standard InChI is InChI=1S/C18H20ClF3N2O2/c1-24(17(26)13-7-10-2-3-11(13)6-10)9-16(25)23-12-4-5-15(19)14(8-12)18(20,21)22/h4-5,8,10-11,13H,2-3,6-7,9H2,1H3,(H,23,25). The zero-order chi connectivity index (χ0) is 19.1. The summed E-state index contributed by atoms with van der Waals surface area (Å²) >= 11 is 5.56. The average Bonchev–Trinajstić information content (AvgIpc) is 3.17. The van der Waals surface area contributed by atoms with E-state index in [1.54, 1.807) is 7.05 Å². The molecular weight excluding hydrogens is 369 g/mol. The first-order valence-corrected chi connectivity index (χ1v) is 8.94. The lowest BCUT2D eigenvalue weighted by atomic mass is 9.88. The number of fused-ring (bicyclic) bond motifs is 2. The Labute approximate surface area is 154 Å². The van der Waals surface area contributed by atoms with Crippen LogP contribution in [0.15, 0.2) is 18.2 Å². The number of nitrogens with one attached hydrogen (secondary N) is 1. The molecule has 2 saturated carbocycles. The van der Waals surface area contributed by atoms with Gasteiger partial charge in [-0.25, -0.2) is 0 Å². The first-order valence-electron chi connectivity index (χ1n) is 8.56. The van der Waals surface area contributed by atoms with E-state index < -0.39 is 22.7 Å². The largest absolute Gasteiger partial charge is 0.417 e. The van der Waals surface area contributed by atoms with Crippen molar-refractivity contribution in [3.8, 4) is 0 Å². The zero-order valence-corrected chi connectivity index (χ0v) is 15.0. The number of nitrogens with zero attached hydrogens (tertiary/aromatic N) is 1. The van der Waals surface area contributed by atoms with E-state index in [-0.39, 0.29) is 24.1 Å². The summed E-state index contributed by atoms with van der Waals surface area (Å²) in [7, 11) is 1.55. The van der Waals surface area contributed by atoms with Crippen LogP contribution in [0.1, 0.15) is 31.2 Å². The topological polar surface area (TPSA) is 49.4 Å². The van der Waals surface area contributed by atoms with Gasteiger partial charge in [0.25, 0.3) is 0 Å². The number of carbonyl (C=O) groups excluding carboxylic acids is 2. The SMILES string of the molecule is CN(CC(=O)Nc1ccc(Cl)c(C(F)(F)F)c1)C(=O)C1CC2CCC1C2. The first kappa shape index (κ1) is 19.0. The smallest absolute Gasteiger partial charge is 0.336 e. The minimum absolute atomic E-state index is 0.00695. The van der Waals surface area contributed by atoms with Crippen LogP contribution in [0, 0.1) is 17.8 Å². The fourth-order valence-electron chi connectivity index (χ4n) is 4.14. The third-order valence-electron chi connectivity index (χ3n) is 5.37. The van der Waals surface area contributed by atoms with Gasteiger partial charge in [0, 0.05) is 18.7 Å². The molecule has 3 rings (SSSR count). The van der Waals surface area contributed by atoms with Gasteiger partial charge in [0.1, 0.15) is 0 Å².